The van der Waals surface area contributed by atoms with E-state index in [0.717, 1.165) is 42.5 Å². The lowest BCUT2D eigenvalue weighted by atomic mass is 9.63. The fourth-order valence-corrected chi connectivity index (χ4v) is 6.22. The van der Waals surface area contributed by atoms with Crippen LogP contribution in [0.1, 0.15) is 49.7 Å². The number of nitrogens with zero attached hydrogens (tertiary/aromatic N) is 2. The quantitative estimate of drug-likeness (QED) is 0.612. The van der Waals surface area contributed by atoms with Gasteiger partial charge in [0.15, 0.2) is 5.66 Å². The van der Waals surface area contributed by atoms with Crippen LogP contribution in [0.25, 0.3) is 0 Å². The summed E-state index contributed by atoms with van der Waals surface area (Å²) >= 11 is 0. The van der Waals surface area contributed by atoms with Gasteiger partial charge in [-0.1, -0.05) is 48.5 Å². The number of carbonyl (C=O) groups excluding carboxylic acids is 1. The summed E-state index contributed by atoms with van der Waals surface area (Å²) in [6.45, 7) is 0.235. The van der Waals surface area contributed by atoms with Crippen molar-refractivity contribution in [3.8, 4) is 0 Å². The maximum Gasteiger partial charge on any atom is 0.521 e. The second kappa shape index (κ2) is 7.99. The van der Waals surface area contributed by atoms with Crippen molar-refractivity contribution in [2.75, 3.05) is 0 Å². The van der Waals surface area contributed by atoms with Crippen LogP contribution in [-0.4, -0.2) is 44.8 Å². The van der Waals surface area contributed by atoms with Gasteiger partial charge in [0.1, 0.15) is 12.2 Å². The average Bonchev–Trinajstić information content (AvgIpc) is 3.62. The van der Waals surface area contributed by atoms with Gasteiger partial charge < -0.3 is 10.2 Å². The number of quaternary nitrogens is 1. The van der Waals surface area contributed by atoms with Crippen molar-refractivity contribution in [1.82, 2.24) is 9.38 Å². The summed E-state index contributed by atoms with van der Waals surface area (Å²) in [7, 11) is 0. The lowest BCUT2D eigenvalue weighted by Crippen LogP contribution is -2.83. The number of rotatable bonds is 7. The lowest BCUT2D eigenvalue weighted by Gasteiger charge is -2.64. The number of carboxylic acids is 1. The van der Waals surface area contributed by atoms with E-state index in [-0.39, 0.29) is 41.7 Å². The Labute approximate surface area is 192 Å². The molecule has 0 spiro atoms. The highest BCUT2D eigenvalue weighted by molar-refractivity contribution is 5.88. The van der Waals surface area contributed by atoms with Crippen molar-refractivity contribution >= 4 is 23.7 Å². The van der Waals surface area contributed by atoms with E-state index in [4.69, 9.17) is 0 Å². The molecule has 7 heteroatoms. The number of carbonyl (C=O) groups is 3. The molecular formula is C26H29N2O5+. The highest BCUT2D eigenvalue weighted by Gasteiger charge is 2.74. The Morgan fingerprint density at radius 1 is 0.939 bits per heavy atom. The third-order valence-corrected chi connectivity index (χ3v) is 7.78. The van der Waals surface area contributed by atoms with Crippen LogP contribution in [0, 0.1) is 5.92 Å². The standard InChI is InChI=1S/C26H28N2O5/c29-23(12-13-24(30)31)27(21-10-11-21)26-15-14-20(26)16-19-8-4-5-9-22(19)28(26,25(32)33)17-18-6-2-1-3-7-18/h1-9,20-21H,10-17H2,(H-,30,31,32,33)/p+1/t20-,26-,28+/m1/s1. The van der Waals surface area contributed by atoms with E-state index in [1.165, 1.54) is 0 Å². The summed E-state index contributed by atoms with van der Waals surface area (Å²) in [5.41, 5.74) is 1.74. The molecule has 1 heterocycles. The Hall–Kier alpha value is -3.19. The molecule has 5 rings (SSSR count). The van der Waals surface area contributed by atoms with Crippen LogP contribution >= 0.6 is 0 Å². The normalized spacial score (nSPS) is 27.6. The van der Waals surface area contributed by atoms with Gasteiger partial charge in [0.05, 0.1) is 6.42 Å². The summed E-state index contributed by atoms with van der Waals surface area (Å²) in [5, 5.41) is 20.2. The molecule has 0 unspecified atom stereocenters. The molecule has 2 N–H and O–H groups in total. The number of para-hydroxylation sites is 1. The molecule has 0 saturated heterocycles. The van der Waals surface area contributed by atoms with Gasteiger partial charge in [0.2, 0.25) is 5.91 Å². The van der Waals surface area contributed by atoms with E-state index in [1.807, 2.05) is 59.5 Å². The van der Waals surface area contributed by atoms with Gasteiger partial charge in [0, 0.05) is 42.0 Å². The minimum absolute atomic E-state index is 0.0154. The first-order valence-electron chi connectivity index (χ1n) is 11.7. The predicted molar refractivity (Wildman–Crippen MR) is 122 cm³/mol. The van der Waals surface area contributed by atoms with Gasteiger partial charge in [0.25, 0.3) is 0 Å². The first kappa shape index (κ1) is 21.6. The van der Waals surface area contributed by atoms with E-state index in [0.29, 0.717) is 6.42 Å². The highest BCUT2D eigenvalue weighted by Crippen LogP contribution is 2.60. The summed E-state index contributed by atoms with van der Waals surface area (Å²) < 4.78 is -0.340. The molecule has 2 aromatic carbocycles. The van der Waals surface area contributed by atoms with Crippen LogP contribution in [0.2, 0.25) is 0 Å². The molecule has 0 aromatic heterocycles. The largest absolute Gasteiger partial charge is 0.521 e. The van der Waals surface area contributed by atoms with E-state index >= 15 is 0 Å². The lowest BCUT2D eigenvalue weighted by molar-refractivity contribution is -0.178. The van der Waals surface area contributed by atoms with E-state index in [2.05, 4.69) is 0 Å². The molecular weight excluding hydrogens is 420 g/mol. The van der Waals surface area contributed by atoms with Gasteiger partial charge >= 0.3 is 12.1 Å². The maximum absolute atomic E-state index is 13.5. The minimum Gasteiger partial charge on any atom is -0.481 e. The Balaban J connectivity index is 1.70. The molecule has 2 fully saturated rings. The van der Waals surface area contributed by atoms with E-state index in [9.17, 15) is 24.6 Å². The second-order valence-electron chi connectivity index (χ2n) is 9.57. The summed E-state index contributed by atoms with van der Waals surface area (Å²) in [6, 6.07) is 17.3. The topological polar surface area (TPSA) is 94.9 Å². The van der Waals surface area contributed by atoms with Crippen LogP contribution in [0.5, 0.6) is 0 Å². The number of benzene rings is 2. The summed E-state index contributed by atoms with van der Waals surface area (Å²) in [4.78, 5) is 40.0. The van der Waals surface area contributed by atoms with Crippen molar-refractivity contribution in [2.45, 2.75) is 63.2 Å². The molecule has 2 aromatic rings. The number of amides is 2. The molecule has 1 aliphatic heterocycles. The van der Waals surface area contributed by atoms with Crippen LogP contribution in [0.4, 0.5) is 10.5 Å². The summed E-state index contributed by atoms with van der Waals surface area (Å²) in [5.74, 6) is -1.23. The van der Waals surface area contributed by atoms with Crippen molar-refractivity contribution in [3.63, 3.8) is 0 Å². The molecule has 172 valence electrons. The molecule has 0 bridgehead atoms. The highest BCUT2D eigenvalue weighted by atomic mass is 16.4. The number of aliphatic carboxylic acids is 1. The Morgan fingerprint density at radius 2 is 1.64 bits per heavy atom. The molecule has 2 aliphatic carbocycles. The molecule has 33 heavy (non-hydrogen) atoms. The second-order valence-corrected chi connectivity index (χ2v) is 9.57. The number of hydrogen-bond donors (Lipinski definition) is 2. The van der Waals surface area contributed by atoms with Crippen LogP contribution < -0.4 is 4.48 Å². The van der Waals surface area contributed by atoms with Crippen LogP contribution in [0.15, 0.2) is 54.6 Å². The van der Waals surface area contributed by atoms with Crippen molar-refractivity contribution in [1.29, 1.82) is 0 Å². The molecule has 3 atom stereocenters. The predicted octanol–water partition coefficient (Wildman–Crippen LogP) is 4.39. The van der Waals surface area contributed by atoms with E-state index in [1.54, 1.807) is 0 Å². The molecule has 7 nitrogen and oxygen atoms in total. The van der Waals surface area contributed by atoms with E-state index < -0.39 is 17.7 Å². The van der Waals surface area contributed by atoms with Gasteiger partial charge in [-0.2, -0.15) is 9.28 Å². The van der Waals surface area contributed by atoms with Crippen molar-refractivity contribution in [2.24, 2.45) is 5.92 Å². The molecule has 2 saturated carbocycles. The van der Waals surface area contributed by atoms with Crippen molar-refractivity contribution < 1.29 is 24.6 Å². The average molecular weight is 450 g/mol. The Bertz CT molecular complexity index is 1100. The number of hydrogen-bond acceptors (Lipinski definition) is 3. The Morgan fingerprint density at radius 3 is 2.24 bits per heavy atom. The van der Waals surface area contributed by atoms with Gasteiger partial charge in [-0.25, -0.2) is 0 Å². The van der Waals surface area contributed by atoms with Crippen LogP contribution in [0.3, 0.4) is 0 Å². The summed E-state index contributed by atoms with van der Waals surface area (Å²) in [6.07, 6.45) is 2.53. The molecule has 3 aliphatic rings. The first-order chi connectivity index (χ1) is 15.9. The smallest absolute Gasteiger partial charge is 0.481 e. The third-order valence-electron chi connectivity index (χ3n) is 7.78. The third kappa shape index (κ3) is 3.25. The van der Waals surface area contributed by atoms with Crippen molar-refractivity contribution in [3.05, 3.63) is 65.7 Å². The zero-order valence-electron chi connectivity index (χ0n) is 18.5. The Kier molecular flexibility index (Phi) is 5.24. The van der Waals surface area contributed by atoms with Gasteiger partial charge in [-0.3, -0.25) is 14.5 Å². The SMILES string of the molecule is O=C(O)CCC(=O)N(C1CC1)[C@@]12CC[C@@H]1Cc1ccccc1[N@@+]2(Cc1ccccc1)C(=O)O. The monoisotopic (exact) mass is 449 g/mol. The fourth-order valence-electron chi connectivity index (χ4n) is 6.22. The zero-order valence-corrected chi connectivity index (χ0v) is 18.5. The van der Waals surface area contributed by atoms with Gasteiger partial charge in [-0.05, 0) is 25.7 Å². The maximum atomic E-state index is 13.5. The van der Waals surface area contributed by atoms with Crippen LogP contribution in [-0.2, 0) is 22.6 Å². The zero-order chi connectivity index (χ0) is 23.2. The minimum atomic E-state index is -1.01. The molecule has 2 amide bonds. The number of carboxylic acid groups (broad SMARTS) is 2. The van der Waals surface area contributed by atoms with Gasteiger partial charge in [-0.15, -0.1) is 0 Å². The number of fused-ring (bicyclic) bond motifs is 2. The molecule has 0 radical (unpaired) electrons. The fraction of sp³-hybridized carbons (Fsp3) is 0.423. The first-order valence-corrected chi connectivity index (χ1v) is 11.7.